The first kappa shape index (κ1) is 22.7. The summed E-state index contributed by atoms with van der Waals surface area (Å²) in [6, 6.07) is 8.12. The van der Waals surface area contributed by atoms with Crippen LogP contribution in [0.3, 0.4) is 0 Å². The molecule has 0 aliphatic carbocycles. The molecule has 1 aromatic carbocycles. The molecule has 1 aromatic rings. The molecule has 0 aliphatic heterocycles. The molecule has 2 amide bonds. The van der Waals surface area contributed by atoms with Gasteiger partial charge in [0.2, 0.25) is 5.91 Å². The lowest BCUT2D eigenvalue weighted by Crippen LogP contribution is -2.51. The van der Waals surface area contributed by atoms with Gasteiger partial charge in [0, 0.05) is 7.05 Å². The molecule has 6 nitrogen and oxygen atoms in total. The SMILES string of the molecule is CC(C)C[C@@H](C=O)NC(=O)[C@H](CC(C)C)N(C)C(=O)OCc1ccccc1. The van der Waals surface area contributed by atoms with E-state index in [-0.39, 0.29) is 24.3 Å². The second-order valence-electron chi connectivity index (χ2n) is 7.68. The molecule has 27 heavy (non-hydrogen) atoms. The third-order valence-electron chi connectivity index (χ3n) is 4.18. The highest BCUT2D eigenvalue weighted by molar-refractivity contribution is 5.87. The van der Waals surface area contributed by atoms with Gasteiger partial charge < -0.3 is 14.8 Å². The van der Waals surface area contributed by atoms with Crippen molar-refractivity contribution in [1.82, 2.24) is 10.2 Å². The molecule has 0 radical (unpaired) electrons. The topological polar surface area (TPSA) is 75.7 Å². The summed E-state index contributed by atoms with van der Waals surface area (Å²) in [7, 11) is 1.55. The Kier molecular flexibility index (Phi) is 9.54. The lowest BCUT2D eigenvalue weighted by molar-refractivity contribution is -0.128. The van der Waals surface area contributed by atoms with E-state index in [0.717, 1.165) is 11.8 Å². The number of hydrogen-bond donors (Lipinski definition) is 1. The fraction of sp³-hybridized carbons (Fsp3) is 0.571. The van der Waals surface area contributed by atoms with E-state index in [1.807, 2.05) is 58.0 Å². The van der Waals surface area contributed by atoms with Crippen LogP contribution in [0.1, 0.15) is 46.1 Å². The van der Waals surface area contributed by atoms with Gasteiger partial charge in [-0.1, -0.05) is 58.0 Å². The molecule has 1 rings (SSSR count). The monoisotopic (exact) mass is 376 g/mol. The third kappa shape index (κ3) is 8.24. The summed E-state index contributed by atoms with van der Waals surface area (Å²) in [5.74, 6) is 0.142. The van der Waals surface area contributed by atoms with Crippen LogP contribution >= 0.6 is 0 Å². The number of amides is 2. The van der Waals surface area contributed by atoms with Crippen molar-refractivity contribution in [2.24, 2.45) is 11.8 Å². The second-order valence-corrected chi connectivity index (χ2v) is 7.68. The lowest BCUT2D eigenvalue weighted by Gasteiger charge is -2.29. The molecule has 0 fully saturated rings. The lowest BCUT2D eigenvalue weighted by atomic mass is 10.0. The molecule has 0 bridgehead atoms. The first-order chi connectivity index (χ1) is 12.7. The van der Waals surface area contributed by atoms with Crippen LogP contribution in [0, 0.1) is 11.8 Å². The summed E-state index contributed by atoms with van der Waals surface area (Å²) in [6.45, 7) is 8.08. The van der Waals surface area contributed by atoms with Gasteiger partial charge in [-0.3, -0.25) is 9.69 Å². The highest BCUT2D eigenvalue weighted by Gasteiger charge is 2.30. The molecule has 0 spiro atoms. The van der Waals surface area contributed by atoms with Crippen LogP contribution in [0.25, 0.3) is 0 Å². The van der Waals surface area contributed by atoms with Crippen molar-refractivity contribution in [1.29, 1.82) is 0 Å². The third-order valence-corrected chi connectivity index (χ3v) is 4.18. The molecule has 0 aromatic heterocycles. The average Bonchev–Trinajstić information content (AvgIpc) is 2.63. The Hall–Kier alpha value is -2.37. The molecule has 150 valence electrons. The Labute approximate surface area is 162 Å². The minimum absolute atomic E-state index is 0.143. The summed E-state index contributed by atoms with van der Waals surface area (Å²) in [6.07, 6.45) is 1.23. The van der Waals surface area contributed by atoms with Gasteiger partial charge in [-0.15, -0.1) is 0 Å². The second kappa shape index (κ2) is 11.4. The average molecular weight is 376 g/mol. The van der Waals surface area contributed by atoms with Crippen LogP contribution in [-0.2, 0) is 20.9 Å². The first-order valence-corrected chi connectivity index (χ1v) is 9.43. The molecule has 0 heterocycles. The van der Waals surface area contributed by atoms with Gasteiger partial charge in [0.05, 0.1) is 6.04 Å². The van der Waals surface area contributed by atoms with Crippen molar-refractivity contribution < 1.29 is 19.1 Å². The quantitative estimate of drug-likeness (QED) is 0.635. The zero-order chi connectivity index (χ0) is 20.4. The minimum Gasteiger partial charge on any atom is -0.445 e. The fourth-order valence-corrected chi connectivity index (χ4v) is 2.77. The molecule has 2 atom stereocenters. The molecular formula is C21H32N2O4. The summed E-state index contributed by atoms with van der Waals surface area (Å²) in [4.78, 5) is 37.7. The number of benzene rings is 1. The number of carbonyl (C=O) groups excluding carboxylic acids is 3. The van der Waals surface area contributed by atoms with E-state index >= 15 is 0 Å². The van der Waals surface area contributed by atoms with E-state index < -0.39 is 18.2 Å². The molecule has 0 saturated carbocycles. The summed E-state index contributed by atoms with van der Waals surface area (Å²) in [5.41, 5.74) is 0.877. The van der Waals surface area contributed by atoms with E-state index in [0.29, 0.717) is 12.8 Å². The van der Waals surface area contributed by atoms with Crippen molar-refractivity contribution in [3.8, 4) is 0 Å². The number of rotatable bonds is 10. The smallest absolute Gasteiger partial charge is 0.410 e. The highest BCUT2D eigenvalue weighted by atomic mass is 16.6. The number of likely N-dealkylation sites (N-methyl/N-ethyl adjacent to an activating group) is 1. The molecule has 1 N–H and O–H groups in total. The maximum absolute atomic E-state index is 12.7. The molecule has 0 unspecified atom stereocenters. The van der Waals surface area contributed by atoms with Crippen molar-refractivity contribution in [3.05, 3.63) is 35.9 Å². The molecule has 6 heteroatoms. The van der Waals surface area contributed by atoms with Gasteiger partial charge in [-0.25, -0.2) is 4.79 Å². The van der Waals surface area contributed by atoms with Gasteiger partial charge >= 0.3 is 6.09 Å². The Morgan fingerprint density at radius 2 is 1.67 bits per heavy atom. The Bertz CT molecular complexity index is 601. The Morgan fingerprint density at radius 3 is 2.19 bits per heavy atom. The number of nitrogens with one attached hydrogen (secondary N) is 1. The zero-order valence-electron chi connectivity index (χ0n) is 17.0. The van der Waals surface area contributed by atoms with Crippen LogP contribution in [0.2, 0.25) is 0 Å². The number of ether oxygens (including phenoxy) is 1. The zero-order valence-corrected chi connectivity index (χ0v) is 17.0. The van der Waals surface area contributed by atoms with Crippen LogP contribution in [0.4, 0.5) is 4.79 Å². The van der Waals surface area contributed by atoms with Crippen molar-refractivity contribution in [2.75, 3.05) is 7.05 Å². The van der Waals surface area contributed by atoms with E-state index in [2.05, 4.69) is 5.32 Å². The predicted molar refractivity (Wildman–Crippen MR) is 105 cm³/mol. The van der Waals surface area contributed by atoms with Crippen LogP contribution < -0.4 is 5.32 Å². The number of aldehydes is 1. The highest BCUT2D eigenvalue weighted by Crippen LogP contribution is 2.14. The van der Waals surface area contributed by atoms with Crippen molar-refractivity contribution in [2.45, 2.75) is 59.2 Å². The van der Waals surface area contributed by atoms with Gasteiger partial charge in [0.25, 0.3) is 0 Å². The van der Waals surface area contributed by atoms with E-state index in [1.54, 1.807) is 7.05 Å². The molecule has 0 aliphatic rings. The maximum Gasteiger partial charge on any atom is 0.410 e. The maximum atomic E-state index is 12.7. The van der Waals surface area contributed by atoms with Gasteiger partial charge in [0.1, 0.15) is 18.9 Å². The van der Waals surface area contributed by atoms with Crippen LogP contribution in [-0.4, -0.2) is 42.3 Å². The number of nitrogens with zero attached hydrogens (tertiary/aromatic N) is 1. The summed E-state index contributed by atoms with van der Waals surface area (Å²) >= 11 is 0. The van der Waals surface area contributed by atoms with E-state index in [4.69, 9.17) is 4.74 Å². The van der Waals surface area contributed by atoms with Crippen molar-refractivity contribution >= 4 is 18.3 Å². The fourth-order valence-electron chi connectivity index (χ4n) is 2.77. The van der Waals surface area contributed by atoms with Gasteiger partial charge in [0.15, 0.2) is 0 Å². The van der Waals surface area contributed by atoms with Crippen LogP contribution in [0.5, 0.6) is 0 Å². The van der Waals surface area contributed by atoms with Crippen LogP contribution in [0.15, 0.2) is 30.3 Å². The Morgan fingerprint density at radius 1 is 1.07 bits per heavy atom. The van der Waals surface area contributed by atoms with Gasteiger partial charge in [-0.05, 0) is 30.2 Å². The predicted octanol–water partition coefficient (Wildman–Crippen LogP) is 3.40. The van der Waals surface area contributed by atoms with E-state index in [1.165, 1.54) is 4.90 Å². The standard InChI is InChI=1S/C21H32N2O4/c1-15(2)11-18(13-24)22-20(25)19(12-16(3)4)23(5)21(26)27-14-17-9-7-6-8-10-17/h6-10,13,15-16,18-19H,11-12,14H2,1-5H3,(H,22,25)/t18-,19-/m0/s1. The normalized spacial score (nSPS) is 13.1. The number of hydrogen-bond acceptors (Lipinski definition) is 4. The Balaban J connectivity index is 2.76. The summed E-state index contributed by atoms with van der Waals surface area (Å²) < 4.78 is 5.34. The molecule has 0 saturated heterocycles. The first-order valence-electron chi connectivity index (χ1n) is 9.43. The van der Waals surface area contributed by atoms with Crippen molar-refractivity contribution in [3.63, 3.8) is 0 Å². The molecular weight excluding hydrogens is 344 g/mol. The van der Waals surface area contributed by atoms with Gasteiger partial charge in [-0.2, -0.15) is 0 Å². The number of carbonyl (C=O) groups is 3. The minimum atomic E-state index is -0.692. The van der Waals surface area contributed by atoms with E-state index in [9.17, 15) is 14.4 Å². The largest absolute Gasteiger partial charge is 0.445 e. The summed E-state index contributed by atoms with van der Waals surface area (Å²) in [5, 5.41) is 2.76.